The van der Waals surface area contributed by atoms with Gasteiger partial charge in [-0.3, -0.25) is 0 Å². The topological polar surface area (TPSA) is 55.8 Å². The molecule has 0 unspecified atom stereocenters. The fourth-order valence-corrected chi connectivity index (χ4v) is 2.05. The Kier molecular flexibility index (Phi) is 4.95. The molecule has 0 aromatic heterocycles. The van der Waals surface area contributed by atoms with Crippen LogP contribution >= 0.6 is 0 Å². The van der Waals surface area contributed by atoms with Crippen molar-refractivity contribution in [1.29, 1.82) is 0 Å². The van der Waals surface area contributed by atoms with Gasteiger partial charge in [0.1, 0.15) is 0 Å². The normalized spacial score (nSPS) is 32.2. The van der Waals surface area contributed by atoms with Crippen molar-refractivity contribution < 1.29 is 19.4 Å². The van der Waals surface area contributed by atoms with E-state index in [0.29, 0.717) is 13.0 Å². The van der Waals surface area contributed by atoms with Gasteiger partial charge < -0.3 is 14.6 Å². The summed E-state index contributed by atoms with van der Waals surface area (Å²) in [7, 11) is 0. The number of aliphatic hydroxyl groups is 1. The molecule has 0 spiro atoms. The minimum absolute atomic E-state index is 0.211. The molecule has 0 aliphatic carbocycles. The van der Waals surface area contributed by atoms with E-state index in [1.54, 1.807) is 0 Å². The first-order valence-corrected chi connectivity index (χ1v) is 6.40. The maximum atomic E-state index is 11.9. The van der Waals surface area contributed by atoms with Gasteiger partial charge in [0.2, 0.25) is 0 Å². The van der Waals surface area contributed by atoms with E-state index in [2.05, 4.69) is 0 Å². The van der Waals surface area contributed by atoms with Crippen LogP contribution in [0, 0.1) is 5.92 Å². The molecule has 0 saturated carbocycles. The Balaban J connectivity index is 2.57. The zero-order chi connectivity index (χ0) is 13.1. The highest BCUT2D eigenvalue weighted by Gasteiger charge is 2.43. The predicted octanol–water partition coefficient (Wildman–Crippen LogP) is 1.89. The minimum atomic E-state index is -0.648. The third-order valence-corrected chi connectivity index (χ3v) is 3.21. The van der Waals surface area contributed by atoms with Crippen LogP contribution in [-0.2, 0) is 14.3 Å². The number of esters is 1. The number of carbonyl (C=O) groups excluding carboxylic acids is 1. The standard InChI is InChI=1S/C13H24O4/c1-5-6-7-16-12(15)11-9(2)10(14)8-13(3,4)17-11/h9-11,14H,5-8H2,1-4H3/t9-,10-,11+/m0/s1. The second kappa shape index (κ2) is 5.83. The third-order valence-electron chi connectivity index (χ3n) is 3.21. The maximum Gasteiger partial charge on any atom is 0.335 e. The lowest BCUT2D eigenvalue weighted by Gasteiger charge is -2.41. The molecule has 4 nitrogen and oxygen atoms in total. The van der Waals surface area contributed by atoms with Gasteiger partial charge in [0.15, 0.2) is 6.10 Å². The summed E-state index contributed by atoms with van der Waals surface area (Å²) in [6, 6.07) is 0. The van der Waals surface area contributed by atoms with Crippen molar-refractivity contribution >= 4 is 5.97 Å². The van der Waals surface area contributed by atoms with Crippen LogP contribution in [0.5, 0.6) is 0 Å². The van der Waals surface area contributed by atoms with E-state index in [9.17, 15) is 9.90 Å². The summed E-state index contributed by atoms with van der Waals surface area (Å²) in [5, 5.41) is 9.92. The molecule has 0 aromatic rings. The molecular formula is C13H24O4. The SMILES string of the molecule is CCCCOC(=O)[C@@H]1OC(C)(C)C[C@H](O)[C@@H]1C. The van der Waals surface area contributed by atoms with Gasteiger partial charge in [-0.1, -0.05) is 20.3 Å². The molecule has 1 rings (SSSR count). The molecule has 100 valence electrons. The molecule has 1 N–H and O–H groups in total. The highest BCUT2D eigenvalue weighted by Crippen LogP contribution is 2.32. The van der Waals surface area contributed by atoms with Crippen LogP contribution in [0.1, 0.15) is 47.0 Å². The van der Waals surface area contributed by atoms with E-state index in [1.807, 2.05) is 27.7 Å². The van der Waals surface area contributed by atoms with E-state index in [4.69, 9.17) is 9.47 Å². The Morgan fingerprint density at radius 3 is 2.76 bits per heavy atom. The van der Waals surface area contributed by atoms with Crippen molar-refractivity contribution in [2.75, 3.05) is 6.61 Å². The Morgan fingerprint density at radius 1 is 1.53 bits per heavy atom. The summed E-state index contributed by atoms with van der Waals surface area (Å²) >= 11 is 0. The van der Waals surface area contributed by atoms with Crippen LogP contribution in [0.2, 0.25) is 0 Å². The first-order chi connectivity index (χ1) is 7.87. The monoisotopic (exact) mass is 244 g/mol. The average Bonchev–Trinajstić information content (AvgIpc) is 2.23. The van der Waals surface area contributed by atoms with E-state index < -0.39 is 17.8 Å². The van der Waals surface area contributed by atoms with Crippen molar-refractivity contribution in [1.82, 2.24) is 0 Å². The molecule has 3 atom stereocenters. The Morgan fingerprint density at radius 2 is 2.18 bits per heavy atom. The van der Waals surface area contributed by atoms with Crippen LogP contribution in [0.25, 0.3) is 0 Å². The molecule has 4 heteroatoms. The summed E-state index contributed by atoms with van der Waals surface area (Å²) in [4.78, 5) is 11.9. The number of hydrogen-bond acceptors (Lipinski definition) is 4. The summed E-state index contributed by atoms with van der Waals surface area (Å²) < 4.78 is 10.9. The van der Waals surface area contributed by atoms with Crippen LogP contribution < -0.4 is 0 Å². The summed E-state index contributed by atoms with van der Waals surface area (Å²) in [5.74, 6) is -0.560. The molecule has 1 heterocycles. The lowest BCUT2D eigenvalue weighted by Crippen LogP contribution is -2.51. The van der Waals surface area contributed by atoms with Crippen LogP contribution in [-0.4, -0.2) is 35.5 Å². The molecule has 1 fully saturated rings. The zero-order valence-corrected chi connectivity index (χ0v) is 11.2. The quantitative estimate of drug-likeness (QED) is 0.606. The minimum Gasteiger partial charge on any atom is -0.464 e. The molecule has 17 heavy (non-hydrogen) atoms. The average molecular weight is 244 g/mol. The van der Waals surface area contributed by atoms with Crippen LogP contribution in [0.15, 0.2) is 0 Å². The van der Waals surface area contributed by atoms with Gasteiger partial charge in [-0.25, -0.2) is 4.79 Å². The van der Waals surface area contributed by atoms with E-state index in [0.717, 1.165) is 12.8 Å². The molecule has 0 aromatic carbocycles. The maximum absolute atomic E-state index is 11.9. The molecule has 1 saturated heterocycles. The number of rotatable bonds is 4. The first-order valence-electron chi connectivity index (χ1n) is 6.40. The second-order valence-electron chi connectivity index (χ2n) is 5.45. The molecule has 0 bridgehead atoms. The van der Waals surface area contributed by atoms with Crippen molar-refractivity contribution in [3.63, 3.8) is 0 Å². The van der Waals surface area contributed by atoms with Crippen molar-refractivity contribution in [3.8, 4) is 0 Å². The third kappa shape index (κ3) is 3.96. The lowest BCUT2D eigenvalue weighted by molar-refractivity contribution is -0.200. The predicted molar refractivity (Wildman–Crippen MR) is 64.6 cm³/mol. The highest BCUT2D eigenvalue weighted by molar-refractivity contribution is 5.75. The van der Waals surface area contributed by atoms with Gasteiger partial charge in [-0.15, -0.1) is 0 Å². The summed E-state index contributed by atoms with van der Waals surface area (Å²) in [6.07, 6.45) is 1.24. The van der Waals surface area contributed by atoms with Crippen molar-refractivity contribution in [2.45, 2.75) is 64.8 Å². The van der Waals surface area contributed by atoms with Gasteiger partial charge in [0.25, 0.3) is 0 Å². The molecular weight excluding hydrogens is 220 g/mol. The fraction of sp³-hybridized carbons (Fsp3) is 0.923. The van der Waals surface area contributed by atoms with Crippen LogP contribution in [0.3, 0.4) is 0 Å². The van der Waals surface area contributed by atoms with Gasteiger partial charge >= 0.3 is 5.97 Å². The fourth-order valence-electron chi connectivity index (χ4n) is 2.05. The molecule has 1 aliphatic heterocycles. The largest absolute Gasteiger partial charge is 0.464 e. The van der Waals surface area contributed by atoms with E-state index >= 15 is 0 Å². The second-order valence-corrected chi connectivity index (χ2v) is 5.45. The molecule has 0 amide bonds. The molecule has 0 radical (unpaired) electrons. The smallest absolute Gasteiger partial charge is 0.335 e. The summed E-state index contributed by atoms with van der Waals surface area (Å²) in [6.45, 7) is 8.06. The summed E-state index contributed by atoms with van der Waals surface area (Å²) in [5.41, 5.74) is -0.472. The van der Waals surface area contributed by atoms with Gasteiger partial charge in [-0.05, 0) is 20.3 Å². The Hall–Kier alpha value is -0.610. The Bertz CT molecular complexity index is 262. The van der Waals surface area contributed by atoms with E-state index in [-0.39, 0.29) is 11.9 Å². The molecule has 1 aliphatic rings. The van der Waals surface area contributed by atoms with E-state index in [1.165, 1.54) is 0 Å². The number of ether oxygens (including phenoxy) is 2. The number of aliphatic hydroxyl groups excluding tert-OH is 1. The van der Waals surface area contributed by atoms with Gasteiger partial charge in [0.05, 0.1) is 18.3 Å². The number of unbranched alkanes of at least 4 members (excludes halogenated alkanes) is 1. The number of carbonyl (C=O) groups is 1. The van der Waals surface area contributed by atoms with Gasteiger partial charge in [-0.2, -0.15) is 0 Å². The Labute approximate surface area is 103 Å². The highest BCUT2D eigenvalue weighted by atomic mass is 16.6. The first kappa shape index (κ1) is 14.5. The number of hydrogen-bond donors (Lipinski definition) is 1. The van der Waals surface area contributed by atoms with Crippen LogP contribution in [0.4, 0.5) is 0 Å². The lowest BCUT2D eigenvalue weighted by atomic mass is 9.85. The zero-order valence-electron chi connectivity index (χ0n) is 11.2. The van der Waals surface area contributed by atoms with Gasteiger partial charge in [0, 0.05) is 12.3 Å². The van der Waals surface area contributed by atoms with Crippen molar-refractivity contribution in [2.24, 2.45) is 5.92 Å². The van der Waals surface area contributed by atoms with Crippen molar-refractivity contribution in [3.05, 3.63) is 0 Å².